The highest BCUT2D eigenvalue weighted by Crippen LogP contribution is 2.17. The van der Waals surface area contributed by atoms with Crippen molar-refractivity contribution >= 4 is 11.3 Å². The van der Waals surface area contributed by atoms with Gasteiger partial charge in [0.2, 0.25) is 0 Å². The molecule has 0 saturated carbocycles. The van der Waals surface area contributed by atoms with Crippen LogP contribution in [-0.4, -0.2) is 29.3 Å². The molecule has 1 aromatic heterocycles. The van der Waals surface area contributed by atoms with E-state index >= 15 is 0 Å². The number of hydrogen-bond donors (Lipinski definition) is 2. The van der Waals surface area contributed by atoms with Crippen LogP contribution in [0.25, 0.3) is 0 Å². The minimum atomic E-state index is -0.271. The molecule has 1 unspecified atom stereocenters. The average Bonchev–Trinajstić information content (AvgIpc) is 2.60. The highest BCUT2D eigenvalue weighted by atomic mass is 32.1. The van der Waals surface area contributed by atoms with Gasteiger partial charge in [-0.15, -0.1) is 11.3 Å². The minimum Gasteiger partial charge on any atom is -0.392 e. The van der Waals surface area contributed by atoms with Gasteiger partial charge < -0.3 is 10.4 Å². The molecule has 0 saturated heterocycles. The smallest absolute Gasteiger partial charge is 0.0941 e. The van der Waals surface area contributed by atoms with Crippen LogP contribution in [0.3, 0.4) is 0 Å². The number of hydrogen-bond acceptors (Lipinski definition) is 4. The molecule has 0 aliphatic heterocycles. The standard InChI is InChI=1S/C11H20N2OS/c1-8(2)10-7-15-11(13-10)4-5-12-6-9(3)14/h7-9,12,14H,4-6H2,1-3H3. The Hall–Kier alpha value is -0.450. The second-order valence-corrected chi connectivity index (χ2v) is 5.07. The molecule has 1 aromatic rings. The SMILES string of the molecule is CC(O)CNCCc1nc(C(C)C)cs1. The number of aliphatic hydroxyl groups is 1. The first-order valence-corrected chi connectivity index (χ1v) is 6.30. The van der Waals surface area contributed by atoms with Gasteiger partial charge in [-0.3, -0.25) is 0 Å². The first-order chi connectivity index (χ1) is 7.09. The van der Waals surface area contributed by atoms with Gasteiger partial charge in [-0.2, -0.15) is 0 Å². The summed E-state index contributed by atoms with van der Waals surface area (Å²) < 4.78 is 0. The molecule has 0 aliphatic rings. The van der Waals surface area contributed by atoms with Crippen LogP contribution in [-0.2, 0) is 6.42 Å². The Labute approximate surface area is 95.6 Å². The van der Waals surface area contributed by atoms with Crippen LogP contribution < -0.4 is 5.32 Å². The zero-order valence-corrected chi connectivity index (χ0v) is 10.5. The lowest BCUT2D eigenvalue weighted by Gasteiger charge is -2.04. The van der Waals surface area contributed by atoms with Crippen LogP contribution >= 0.6 is 11.3 Å². The van der Waals surface area contributed by atoms with Gasteiger partial charge >= 0.3 is 0 Å². The monoisotopic (exact) mass is 228 g/mol. The van der Waals surface area contributed by atoms with Crippen LogP contribution in [0.1, 0.15) is 37.4 Å². The maximum Gasteiger partial charge on any atom is 0.0941 e. The fourth-order valence-electron chi connectivity index (χ4n) is 1.21. The van der Waals surface area contributed by atoms with Crippen molar-refractivity contribution in [3.8, 4) is 0 Å². The summed E-state index contributed by atoms with van der Waals surface area (Å²) in [5.41, 5.74) is 1.19. The van der Waals surface area contributed by atoms with Crippen LogP contribution in [0.2, 0.25) is 0 Å². The van der Waals surface area contributed by atoms with Gasteiger partial charge in [-0.25, -0.2) is 4.98 Å². The van der Waals surface area contributed by atoms with Crippen LogP contribution in [0.15, 0.2) is 5.38 Å². The molecule has 0 fully saturated rings. The van der Waals surface area contributed by atoms with Gasteiger partial charge in [-0.1, -0.05) is 13.8 Å². The Balaban J connectivity index is 2.26. The normalized spacial score (nSPS) is 13.4. The number of thiazole rings is 1. The predicted octanol–water partition coefficient (Wildman–Crippen LogP) is 1.78. The number of aliphatic hydroxyl groups excluding tert-OH is 1. The predicted molar refractivity (Wildman–Crippen MR) is 64.5 cm³/mol. The number of nitrogens with zero attached hydrogens (tertiary/aromatic N) is 1. The molecule has 0 spiro atoms. The van der Waals surface area contributed by atoms with E-state index in [0.29, 0.717) is 12.5 Å². The summed E-state index contributed by atoms with van der Waals surface area (Å²) in [5, 5.41) is 15.6. The fourth-order valence-corrected chi connectivity index (χ4v) is 2.17. The Morgan fingerprint density at radius 1 is 1.47 bits per heavy atom. The Morgan fingerprint density at radius 2 is 2.20 bits per heavy atom. The van der Waals surface area contributed by atoms with Crippen molar-refractivity contribution in [1.29, 1.82) is 0 Å². The molecule has 0 bridgehead atoms. The maximum atomic E-state index is 9.05. The second-order valence-electron chi connectivity index (χ2n) is 4.12. The van der Waals surface area contributed by atoms with Gasteiger partial charge in [0, 0.05) is 24.9 Å². The zero-order chi connectivity index (χ0) is 11.3. The third kappa shape index (κ3) is 4.73. The molecule has 0 aromatic carbocycles. The summed E-state index contributed by atoms with van der Waals surface area (Å²) in [6.45, 7) is 7.64. The molecule has 0 amide bonds. The van der Waals surface area contributed by atoms with Crippen molar-refractivity contribution in [2.75, 3.05) is 13.1 Å². The summed E-state index contributed by atoms with van der Waals surface area (Å²) >= 11 is 1.72. The molecule has 15 heavy (non-hydrogen) atoms. The molecule has 86 valence electrons. The van der Waals surface area contributed by atoms with Crippen molar-refractivity contribution in [3.05, 3.63) is 16.1 Å². The molecular formula is C11H20N2OS. The molecule has 0 radical (unpaired) electrons. The van der Waals surface area contributed by atoms with Gasteiger partial charge in [0.05, 0.1) is 16.8 Å². The van der Waals surface area contributed by atoms with Crippen molar-refractivity contribution in [1.82, 2.24) is 10.3 Å². The fraction of sp³-hybridized carbons (Fsp3) is 0.727. The van der Waals surface area contributed by atoms with E-state index in [2.05, 4.69) is 29.5 Å². The maximum absolute atomic E-state index is 9.05. The second kappa shape index (κ2) is 6.20. The zero-order valence-electron chi connectivity index (χ0n) is 9.66. The number of aromatic nitrogens is 1. The lowest BCUT2D eigenvalue weighted by atomic mass is 10.2. The van der Waals surface area contributed by atoms with E-state index in [1.54, 1.807) is 18.3 Å². The van der Waals surface area contributed by atoms with E-state index in [1.165, 1.54) is 10.7 Å². The Morgan fingerprint density at radius 3 is 2.73 bits per heavy atom. The Kier molecular flexibility index (Phi) is 5.22. The number of nitrogens with one attached hydrogen (secondary N) is 1. The van der Waals surface area contributed by atoms with E-state index < -0.39 is 0 Å². The molecule has 3 nitrogen and oxygen atoms in total. The average molecular weight is 228 g/mol. The van der Waals surface area contributed by atoms with Crippen molar-refractivity contribution in [2.24, 2.45) is 0 Å². The summed E-state index contributed by atoms with van der Waals surface area (Å²) in [5.74, 6) is 0.514. The van der Waals surface area contributed by atoms with Gasteiger partial charge in [-0.05, 0) is 12.8 Å². The van der Waals surface area contributed by atoms with Gasteiger partial charge in [0.15, 0.2) is 0 Å². The molecule has 2 N–H and O–H groups in total. The molecule has 1 atom stereocenters. The van der Waals surface area contributed by atoms with E-state index in [-0.39, 0.29) is 6.10 Å². The highest BCUT2D eigenvalue weighted by Gasteiger charge is 2.05. The number of rotatable bonds is 6. The quantitative estimate of drug-likeness (QED) is 0.730. The lowest BCUT2D eigenvalue weighted by molar-refractivity contribution is 0.191. The van der Waals surface area contributed by atoms with Crippen LogP contribution in [0, 0.1) is 0 Å². The van der Waals surface area contributed by atoms with E-state index in [0.717, 1.165) is 13.0 Å². The molecule has 0 aliphatic carbocycles. The van der Waals surface area contributed by atoms with E-state index in [4.69, 9.17) is 5.11 Å². The largest absolute Gasteiger partial charge is 0.392 e. The third-order valence-electron chi connectivity index (χ3n) is 2.12. The summed E-state index contributed by atoms with van der Waals surface area (Å²) in [6.07, 6.45) is 0.678. The van der Waals surface area contributed by atoms with E-state index in [1.807, 2.05) is 0 Å². The van der Waals surface area contributed by atoms with Crippen molar-refractivity contribution < 1.29 is 5.11 Å². The van der Waals surface area contributed by atoms with E-state index in [9.17, 15) is 0 Å². The molecule has 4 heteroatoms. The van der Waals surface area contributed by atoms with Gasteiger partial charge in [0.25, 0.3) is 0 Å². The minimum absolute atomic E-state index is 0.271. The van der Waals surface area contributed by atoms with Crippen LogP contribution in [0.5, 0.6) is 0 Å². The third-order valence-corrected chi connectivity index (χ3v) is 3.04. The molecule has 1 heterocycles. The summed E-state index contributed by atoms with van der Waals surface area (Å²) in [6, 6.07) is 0. The topological polar surface area (TPSA) is 45.1 Å². The summed E-state index contributed by atoms with van der Waals surface area (Å²) in [7, 11) is 0. The highest BCUT2D eigenvalue weighted by molar-refractivity contribution is 7.09. The lowest BCUT2D eigenvalue weighted by Crippen LogP contribution is -2.26. The first-order valence-electron chi connectivity index (χ1n) is 5.42. The Bertz CT molecular complexity index is 284. The van der Waals surface area contributed by atoms with Crippen molar-refractivity contribution in [2.45, 2.75) is 39.2 Å². The first kappa shape index (κ1) is 12.6. The van der Waals surface area contributed by atoms with Gasteiger partial charge in [0.1, 0.15) is 0 Å². The van der Waals surface area contributed by atoms with Crippen molar-refractivity contribution in [3.63, 3.8) is 0 Å². The van der Waals surface area contributed by atoms with Crippen LogP contribution in [0.4, 0.5) is 0 Å². The molecular weight excluding hydrogens is 208 g/mol. The molecule has 1 rings (SSSR count). The summed E-state index contributed by atoms with van der Waals surface area (Å²) in [4.78, 5) is 4.54.